The summed E-state index contributed by atoms with van der Waals surface area (Å²) in [5.74, 6) is 2.23. The summed E-state index contributed by atoms with van der Waals surface area (Å²) in [5.41, 5.74) is 2.91. The first-order valence-electron chi connectivity index (χ1n) is 14.6. The summed E-state index contributed by atoms with van der Waals surface area (Å²) >= 11 is 0. The van der Waals surface area contributed by atoms with Gasteiger partial charge in [0.1, 0.15) is 5.69 Å². The lowest BCUT2D eigenvalue weighted by Crippen LogP contribution is -2.09. The van der Waals surface area contributed by atoms with Gasteiger partial charge in [0.2, 0.25) is 15.6 Å². The monoisotopic (exact) mass is 513 g/mol. The van der Waals surface area contributed by atoms with E-state index in [1.165, 1.54) is 69.4 Å². The summed E-state index contributed by atoms with van der Waals surface area (Å²) in [6.07, 6.45) is 17.0. The Labute approximate surface area is 223 Å². The Hall–Kier alpha value is -1.79. The fourth-order valence-electron chi connectivity index (χ4n) is 4.30. The van der Waals surface area contributed by atoms with E-state index in [9.17, 15) is 0 Å². The molecule has 0 bridgehead atoms. The van der Waals surface area contributed by atoms with Crippen LogP contribution in [0.25, 0.3) is 11.4 Å². The number of aromatic nitrogens is 3. The second-order valence-electron chi connectivity index (χ2n) is 10.5. The van der Waals surface area contributed by atoms with Crippen molar-refractivity contribution < 1.29 is 9.16 Å². The molecule has 0 aliphatic heterocycles. The molecule has 202 valence electrons. The van der Waals surface area contributed by atoms with E-state index in [1.54, 1.807) is 0 Å². The molecule has 5 nitrogen and oxygen atoms in total. The zero-order valence-electron chi connectivity index (χ0n) is 23.5. The van der Waals surface area contributed by atoms with Gasteiger partial charge in [-0.25, -0.2) is 0 Å². The van der Waals surface area contributed by atoms with Crippen molar-refractivity contribution in [3.8, 4) is 17.3 Å². The molecular formula is C30H51N3O2Si. The minimum atomic E-state index is -0.622. The highest BCUT2D eigenvalue weighted by molar-refractivity contribution is 6.28. The second-order valence-corrected chi connectivity index (χ2v) is 11.8. The van der Waals surface area contributed by atoms with Gasteiger partial charge in [-0.05, 0) is 61.3 Å². The molecule has 0 N–H and O–H groups in total. The van der Waals surface area contributed by atoms with Crippen LogP contribution in [0.2, 0.25) is 6.04 Å². The second kappa shape index (κ2) is 19.3. The topological polar surface area (TPSA) is 57.1 Å². The first kappa shape index (κ1) is 30.4. The zero-order chi connectivity index (χ0) is 25.8. The van der Waals surface area contributed by atoms with Crippen LogP contribution in [0.1, 0.15) is 104 Å². The summed E-state index contributed by atoms with van der Waals surface area (Å²) in [7, 11) is -0.622. The van der Waals surface area contributed by atoms with Crippen molar-refractivity contribution in [2.75, 3.05) is 13.2 Å². The third-order valence-corrected chi connectivity index (χ3v) is 8.66. The smallest absolute Gasteiger partial charge is 0.221 e. The maximum atomic E-state index is 5.99. The third kappa shape index (κ3) is 13.5. The van der Waals surface area contributed by atoms with E-state index in [0.717, 1.165) is 55.7 Å². The van der Waals surface area contributed by atoms with E-state index in [2.05, 4.69) is 48.9 Å². The molecule has 0 saturated carbocycles. The molecule has 0 aliphatic carbocycles. The molecular weight excluding hydrogens is 462 g/mol. The van der Waals surface area contributed by atoms with Gasteiger partial charge >= 0.3 is 0 Å². The average Bonchev–Trinajstić information content (AvgIpc) is 2.90. The number of rotatable bonds is 21. The average molecular weight is 514 g/mol. The van der Waals surface area contributed by atoms with Gasteiger partial charge in [-0.3, -0.25) is 4.98 Å². The Morgan fingerprint density at radius 3 is 2.19 bits per heavy atom. The zero-order valence-corrected chi connectivity index (χ0v) is 24.9. The number of hydrogen-bond acceptors (Lipinski definition) is 5. The molecule has 2 aromatic rings. The van der Waals surface area contributed by atoms with Gasteiger partial charge in [0.05, 0.1) is 5.69 Å². The van der Waals surface area contributed by atoms with E-state index in [-0.39, 0.29) is 0 Å². The van der Waals surface area contributed by atoms with Crippen LogP contribution in [-0.4, -0.2) is 38.2 Å². The van der Waals surface area contributed by atoms with Gasteiger partial charge in [-0.2, -0.15) is 0 Å². The molecule has 0 aliphatic rings. The maximum absolute atomic E-state index is 5.99. The number of hydrogen-bond donors (Lipinski definition) is 0. The lowest BCUT2D eigenvalue weighted by molar-refractivity contribution is 0.126. The highest BCUT2D eigenvalue weighted by atomic mass is 28.2. The predicted molar refractivity (Wildman–Crippen MR) is 154 cm³/mol. The SMILES string of the molecule is CCCCCCOCCCCc1ccc(-c2ccc(O[SiH2]CC(C)CCC(C)CCCC)nn2)nc1. The lowest BCUT2D eigenvalue weighted by atomic mass is 9.95. The molecule has 2 aromatic heterocycles. The van der Waals surface area contributed by atoms with Crippen LogP contribution in [0.3, 0.4) is 0 Å². The van der Waals surface area contributed by atoms with Crippen molar-refractivity contribution in [3.05, 3.63) is 36.0 Å². The molecule has 0 fully saturated rings. The number of aryl methyl sites for hydroxylation is 1. The van der Waals surface area contributed by atoms with Crippen LogP contribution >= 0.6 is 0 Å². The Kier molecular flexibility index (Phi) is 16.3. The van der Waals surface area contributed by atoms with Crippen molar-refractivity contribution >= 4 is 9.76 Å². The Balaban J connectivity index is 1.62. The summed E-state index contributed by atoms with van der Waals surface area (Å²) in [6.45, 7) is 11.0. The number of nitrogens with zero attached hydrogens (tertiary/aromatic N) is 3. The molecule has 2 rings (SSSR count). The molecule has 36 heavy (non-hydrogen) atoms. The van der Waals surface area contributed by atoms with E-state index < -0.39 is 9.76 Å². The van der Waals surface area contributed by atoms with Crippen LogP contribution in [0.4, 0.5) is 0 Å². The Morgan fingerprint density at radius 2 is 1.50 bits per heavy atom. The van der Waals surface area contributed by atoms with Crippen LogP contribution in [-0.2, 0) is 11.2 Å². The van der Waals surface area contributed by atoms with Gasteiger partial charge in [-0.1, -0.05) is 85.1 Å². The van der Waals surface area contributed by atoms with Crippen molar-refractivity contribution in [2.45, 2.75) is 111 Å². The van der Waals surface area contributed by atoms with E-state index in [0.29, 0.717) is 5.88 Å². The fourth-order valence-corrected chi connectivity index (χ4v) is 5.47. The van der Waals surface area contributed by atoms with Crippen LogP contribution in [0, 0.1) is 11.8 Å². The van der Waals surface area contributed by atoms with E-state index >= 15 is 0 Å². The highest BCUT2D eigenvalue weighted by Gasteiger charge is 2.09. The molecule has 0 radical (unpaired) electrons. The van der Waals surface area contributed by atoms with Gasteiger partial charge < -0.3 is 9.16 Å². The highest BCUT2D eigenvalue weighted by Crippen LogP contribution is 2.20. The number of pyridine rings is 1. The normalized spacial score (nSPS) is 13.3. The fraction of sp³-hybridized carbons (Fsp3) is 0.700. The molecule has 0 aromatic carbocycles. The van der Waals surface area contributed by atoms with E-state index in [4.69, 9.17) is 9.16 Å². The summed E-state index contributed by atoms with van der Waals surface area (Å²) in [4.78, 5) is 4.61. The lowest BCUT2D eigenvalue weighted by Gasteiger charge is -2.15. The van der Waals surface area contributed by atoms with E-state index in [1.807, 2.05) is 24.4 Å². The molecule has 2 atom stereocenters. The van der Waals surface area contributed by atoms with Crippen LogP contribution in [0.15, 0.2) is 30.5 Å². The first-order chi connectivity index (χ1) is 17.6. The molecule has 0 amide bonds. The number of unbranched alkanes of at least 4 members (excludes halogenated alkanes) is 5. The summed E-state index contributed by atoms with van der Waals surface area (Å²) in [6, 6.07) is 9.29. The van der Waals surface area contributed by atoms with Gasteiger partial charge in [0.15, 0.2) is 0 Å². The first-order valence-corrected chi connectivity index (χ1v) is 16.2. The Bertz CT molecular complexity index is 786. The van der Waals surface area contributed by atoms with Crippen molar-refractivity contribution in [1.29, 1.82) is 0 Å². The third-order valence-electron chi connectivity index (χ3n) is 6.94. The summed E-state index contributed by atoms with van der Waals surface area (Å²) < 4.78 is 11.7. The standard InChI is InChI=1S/C30H51N3O2Si/c1-5-7-9-11-21-34-22-12-10-14-27-17-18-28(31-23-27)29-19-20-30(33-32-29)35-36-24-26(4)16-15-25(3)13-8-6-2/h17-20,23,25-26H,5-16,21-22,24,36H2,1-4H3. The van der Waals surface area contributed by atoms with Gasteiger partial charge in [-0.15, -0.1) is 10.2 Å². The molecule has 0 saturated heterocycles. The minimum Gasteiger partial charge on any atom is -0.535 e. The molecule has 6 heteroatoms. The predicted octanol–water partition coefficient (Wildman–Crippen LogP) is 7.58. The molecule has 0 spiro atoms. The number of ether oxygens (including phenoxy) is 1. The van der Waals surface area contributed by atoms with Crippen LogP contribution in [0.5, 0.6) is 5.88 Å². The minimum absolute atomic E-state index is 0.622. The van der Waals surface area contributed by atoms with Crippen LogP contribution < -0.4 is 4.43 Å². The quantitative estimate of drug-likeness (QED) is 0.127. The largest absolute Gasteiger partial charge is 0.535 e. The Morgan fingerprint density at radius 1 is 0.750 bits per heavy atom. The summed E-state index contributed by atoms with van der Waals surface area (Å²) in [5, 5.41) is 8.65. The molecule has 2 heterocycles. The maximum Gasteiger partial charge on any atom is 0.221 e. The molecule has 2 unspecified atom stereocenters. The van der Waals surface area contributed by atoms with Crippen molar-refractivity contribution in [1.82, 2.24) is 15.2 Å². The van der Waals surface area contributed by atoms with Gasteiger partial charge in [0, 0.05) is 25.5 Å². The van der Waals surface area contributed by atoms with Crippen molar-refractivity contribution in [3.63, 3.8) is 0 Å². The van der Waals surface area contributed by atoms with Gasteiger partial charge in [0.25, 0.3) is 0 Å². The van der Waals surface area contributed by atoms with Crippen molar-refractivity contribution in [2.24, 2.45) is 11.8 Å².